The zero-order valence-corrected chi connectivity index (χ0v) is 12.5. The lowest BCUT2D eigenvalue weighted by Crippen LogP contribution is -2.32. The molecule has 0 unspecified atom stereocenters. The van der Waals surface area contributed by atoms with Crippen LogP contribution in [0.15, 0.2) is 18.2 Å². The van der Waals surface area contributed by atoms with Crippen molar-refractivity contribution in [1.29, 1.82) is 0 Å². The summed E-state index contributed by atoms with van der Waals surface area (Å²) in [6, 6.07) is 6.47. The molecule has 1 aromatic rings. The minimum absolute atomic E-state index is 0.864. The van der Waals surface area contributed by atoms with Gasteiger partial charge in [-0.1, -0.05) is 24.6 Å². The van der Waals surface area contributed by atoms with Gasteiger partial charge in [0, 0.05) is 41.8 Å². The molecule has 0 atom stereocenters. The molecule has 0 saturated carbocycles. The molecule has 0 aliphatic carbocycles. The van der Waals surface area contributed by atoms with E-state index in [1.807, 2.05) is 11.8 Å². The Labute approximate surface area is 119 Å². The van der Waals surface area contributed by atoms with E-state index in [-0.39, 0.29) is 0 Å². The van der Waals surface area contributed by atoms with Crippen molar-refractivity contribution in [3.63, 3.8) is 0 Å². The van der Waals surface area contributed by atoms with Crippen molar-refractivity contribution in [2.45, 2.75) is 19.9 Å². The van der Waals surface area contributed by atoms with E-state index in [9.17, 15) is 0 Å². The van der Waals surface area contributed by atoms with Crippen LogP contribution in [0.5, 0.6) is 0 Å². The standard InChI is InChI=1S/C14H21ClN2S/c1-2-5-16-11-12-3-4-13(10-14(12)15)17-6-8-18-9-7-17/h3-4,10,16H,2,5-9,11H2,1H3. The fourth-order valence-electron chi connectivity index (χ4n) is 2.10. The molecule has 2 rings (SSSR count). The summed E-state index contributed by atoms with van der Waals surface area (Å²) in [7, 11) is 0. The van der Waals surface area contributed by atoms with E-state index in [1.54, 1.807) is 0 Å². The Bertz CT molecular complexity index is 378. The molecule has 1 aliphatic heterocycles. The Kier molecular flexibility index (Phi) is 5.67. The molecule has 1 N–H and O–H groups in total. The summed E-state index contributed by atoms with van der Waals surface area (Å²) in [5.41, 5.74) is 2.46. The zero-order chi connectivity index (χ0) is 12.8. The Morgan fingerprint density at radius 2 is 2.11 bits per heavy atom. The van der Waals surface area contributed by atoms with Gasteiger partial charge in [0.2, 0.25) is 0 Å². The second-order valence-electron chi connectivity index (χ2n) is 4.55. The molecule has 4 heteroatoms. The van der Waals surface area contributed by atoms with Gasteiger partial charge in [-0.3, -0.25) is 0 Å². The lowest BCUT2D eigenvalue weighted by Gasteiger charge is -2.28. The number of rotatable bonds is 5. The average Bonchev–Trinajstić information content (AvgIpc) is 2.42. The molecule has 0 radical (unpaired) electrons. The van der Waals surface area contributed by atoms with Gasteiger partial charge in [0.05, 0.1) is 0 Å². The molecule has 1 saturated heterocycles. The number of anilines is 1. The minimum Gasteiger partial charge on any atom is -0.370 e. The molecule has 100 valence electrons. The summed E-state index contributed by atoms with van der Waals surface area (Å²) < 4.78 is 0. The SMILES string of the molecule is CCCNCc1ccc(N2CCSCC2)cc1Cl. The first-order chi connectivity index (χ1) is 8.81. The van der Waals surface area contributed by atoms with Crippen LogP contribution in [0, 0.1) is 0 Å². The molecule has 1 aliphatic rings. The first kappa shape index (κ1) is 14.0. The van der Waals surface area contributed by atoms with Crippen LogP contribution in [0.3, 0.4) is 0 Å². The Balaban J connectivity index is 1.99. The highest BCUT2D eigenvalue weighted by Crippen LogP contribution is 2.25. The molecule has 2 nitrogen and oxygen atoms in total. The van der Waals surface area contributed by atoms with Gasteiger partial charge in [0.1, 0.15) is 0 Å². The normalized spacial score (nSPS) is 16.0. The van der Waals surface area contributed by atoms with Crippen molar-refractivity contribution < 1.29 is 0 Å². The lowest BCUT2D eigenvalue weighted by atomic mass is 10.2. The van der Waals surface area contributed by atoms with Crippen LogP contribution in [0.1, 0.15) is 18.9 Å². The quantitative estimate of drug-likeness (QED) is 0.835. The van der Waals surface area contributed by atoms with Gasteiger partial charge in [0.25, 0.3) is 0 Å². The largest absolute Gasteiger partial charge is 0.370 e. The van der Waals surface area contributed by atoms with Crippen molar-refractivity contribution in [2.75, 3.05) is 36.0 Å². The number of thioether (sulfide) groups is 1. The molecule has 1 heterocycles. The van der Waals surface area contributed by atoms with E-state index >= 15 is 0 Å². The van der Waals surface area contributed by atoms with Gasteiger partial charge in [-0.15, -0.1) is 0 Å². The summed E-state index contributed by atoms with van der Waals surface area (Å²) in [6.07, 6.45) is 1.15. The van der Waals surface area contributed by atoms with E-state index in [0.717, 1.165) is 37.6 Å². The smallest absolute Gasteiger partial charge is 0.0471 e. The van der Waals surface area contributed by atoms with Crippen molar-refractivity contribution in [3.05, 3.63) is 28.8 Å². The number of halogens is 1. The highest BCUT2D eigenvalue weighted by molar-refractivity contribution is 7.99. The Morgan fingerprint density at radius 1 is 1.33 bits per heavy atom. The van der Waals surface area contributed by atoms with Gasteiger partial charge < -0.3 is 10.2 Å². The van der Waals surface area contributed by atoms with Crippen LogP contribution in [0.4, 0.5) is 5.69 Å². The number of nitrogens with one attached hydrogen (secondary N) is 1. The fraction of sp³-hybridized carbons (Fsp3) is 0.571. The Hall–Kier alpha value is -0.380. The average molecular weight is 285 g/mol. The van der Waals surface area contributed by atoms with Gasteiger partial charge in [-0.2, -0.15) is 11.8 Å². The third-order valence-electron chi connectivity index (χ3n) is 3.16. The molecule has 1 fully saturated rings. The summed E-state index contributed by atoms with van der Waals surface area (Å²) >= 11 is 8.39. The first-order valence-corrected chi connectivity index (χ1v) is 8.16. The monoisotopic (exact) mass is 284 g/mol. The van der Waals surface area contributed by atoms with Crippen molar-refractivity contribution in [1.82, 2.24) is 5.32 Å². The van der Waals surface area contributed by atoms with Gasteiger partial charge in [0.15, 0.2) is 0 Å². The molecule has 1 aromatic carbocycles. The van der Waals surface area contributed by atoms with Crippen molar-refractivity contribution in [2.24, 2.45) is 0 Å². The van der Waals surface area contributed by atoms with Crippen LogP contribution in [0.25, 0.3) is 0 Å². The van der Waals surface area contributed by atoms with Gasteiger partial charge >= 0.3 is 0 Å². The molecular weight excluding hydrogens is 264 g/mol. The van der Waals surface area contributed by atoms with E-state index in [0.29, 0.717) is 0 Å². The summed E-state index contributed by atoms with van der Waals surface area (Å²) in [6.45, 7) is 6.35. The number of benzene rings is 1. The number of hydrogen-bond acceptors (Lipinski definition) is 3. The van der Waals surface area contributed by atoms with Crippen LogP contribution < -0.4 is 10.2 Å². The second-order valence-corrected chi connectivity index (χ2v) is 6.18. The first-order valence-electron chi connectivity index (χ1n) is 6.63. The maximum atomic E-state index is 6.36. The molecule has 0 aromatic heterocycles. The highest BCUT2D eigenvalue weighted by Gasteiger charge is 2.12. The van der Waals surface area contributed by atoms with Crippen LogP contribution in [-0.2, 0) is 6.54 Å². The maximum Gasteiger partial charge on any atom is 0.0471 e. The van der Waals surface area contributed by atoms with E-state index in [1.165, 1.54) is 22.8 Å². The predicted molar refractivity (Wildman–Crippen MR) is 83.0 cm³/mol. The molecule has 0 amide bonds. The van der Waals surface area contributed by atoms with E-state index in [2.05, 4.69) is 35.3 Å². The summed E-state index contributed by atoms with van der Waals surface area (Å²) in [5, 5.41) is 4.27. The molecule has 0 spiro atoms. The van der Waals surface area contributed by atoms with Crippen LogP contribution in [-0.4, -0.2) is 31.1 Å². The van der Waals surface area contributed by atoms with Crippen molar-refractivity contribution in [3.8, 4) is 0 Å². The zero-order valence-electron chi connectivity index (χ0n) is 10.9. The topological polar surface area (TPSA) is 15.3 Å². The second kappa shape index (κ2) is 7.27. The fourth-order valence-corrected chi connectivity index (χ4v) is 3.24. The van der Waals surface area contributed by atoms with Crippen LogP contribution >= 0.6 is 23.4 Å². The summed E-state index contributed by atoms with van der Waals surface area (Å²) in [5.74, 6) is 2.44. The molecular formula is C14H21ClN2S. The lowest BCUT2D eigenvalue weighted by molar-refractivity contribution is 0.675. The molecule has 0 bridgehead atoms. The van der Waals surface area contributed by atoms with Gasteiger partial charge in [-0.05, 0) is 30.7 Å². The van der Waals surface area contributed by atoms with E-state index < -0.39 is 0 Å². The van der Waals surface area contributed by atoms with E-state index in [4.69, 9.17) is 11.6 Å². The van der Waals surface area contributed by atoms with Crippen molar-refractivity contribution >= 4 is 29.1 Å². The third-order valence-corrected chi connectivity index (χ3v) is 4.45. The minimum atomic E-state index is 0.864. The van der Waals surface area contributed by atoms with Crippen LogP contribution in [0.2, 0.25) is 5.02 Å². The number of nitrogens with zero attached hydrogens (tertiary/aromatic N) is 1. The van der Waals surface area contributed by atoms with Gasteiger partial charge in [-0.25, -0.2) is 0 Å². The maximum absolute atomic E-state index is 6.36. The third kappa shape index (κ3) is 3.81. The summed E-state index contributed by atoms with van der Waals surface area (Å²) in [4.78, 5) is 2.42. The molecule has 18 heavy (non-hydrogen) atoms. The Morgan fingerprint density at radius 3 is 2.78 bits per heavy atom. The predicted octanol–water partition coefficient (Wildman–Crippen LogP) is 3.39. The highest BCUT2D eigenvalue weighted by atomic mass is 35.5. The number of hydrogen-bond donors (Lipinski definition) is 1.